The van der Waals surface area contributed by atoms with Crippen molar-refractivity contribution in [3.8, 4) is 0 Å². The quantitative estimate of drug-likeness (QED) is 0.752. The second kappa shape index (κ2) is 6.89. The number of carboxylic acid groups (broad SMARTS) is 1. The Kier molecular flexibility index (Phi) is 4.94. The van der Waals surface area contributed by atoms with Gasteiger partial charge in [-0.2, -0.15) is 0 Å². The van der Waals surface area contributed by atoms with Gasteiger partial charge in [0, 0.05) is 29.9 Å². The largest absolute Gasteiger partial charge is 0.479 e. The maximum absolute atomic E-state index is 11.9. The molecule has 7 nitrogen and oxygen atoms in total. The molecule has 2 aromatic rings. The molecule has 2 heterocycles. The molecule has 2 rings (SSSR count). The number of rotatable bonds is 6. The summed E-state index contributed by atoms with van der Waals surface area (Å²) in [7, 11) is 0. The van der Waals surface area contributed by atoms with Crippen LogP contribution in [-0.2, 0) is 11.3 Å². The third-order valence-electron chi connectivity index (χ3n) is 2.77. The lowest BCUT2D eigenvalue weighted by atomic mass is 10.2. The minimum absolute atomic E-state index is 0.156. The van der Waals surface area contributed by atoms with Gasteiger partial charge in [-0.05, 0) is 18.4 Å². The number of nitrogens with zero attached hydrogens (tertiary/aromatic N) is 2. The molecule has 8 heteroatoms. The van der Waals surface area contributed by atoms with Gasteiger partial charge in [-0.1, -0.05) is 6.07 Å². The summed E-state index contributed by atoms with van der Waals surface area (Å²) < 4.78 is 1.83. The lowest BCUT2D eigenvalue weighted by Gasteiger charge is -2.18. The van der Waals surface area contributed by atoms with Crippen LogP contribution < -0.4 is 10.6 Å². The van der Waals surface area contributed by atoms with Crippen molar-refractivity contribution in [3.63, 3.8) is 0 Å². The summed E-state index contributed by atoms with van der Waals surface area (Å²) in [6.07, 6.45) is 5.10. The van der Waals surface area contributed by atoms with Crippen molar-refractivity contribution >= 4 is 23.3 Å². The molecule has 2 aromatic heterocycles. The number of aromatic nitrogens is 2. The highest BCUT2D eigenvalue weighted by molar-refractivity contribution is 7.10. The molecular weight excluding hydrogens is 292 g/mol. The van der Waals surface area contributed by atoms with Gasteiger partial charge in [-0.3, -0.25) is 0 Å². The normalized spacial score (nSPS) is 13.4. The number of carbonyl (C=O) groups is 2. The number of nitrogens with one attached hydrogen (secondary N) is 2. The van der Waals surface area contributed by atoms with E-state index < -0.39 is 18.0 Å². The first-order chi connectivity index (χ1) is 10.1. The van der Waals surface area contributed by atoms with E-state index in [1.54, 1.807) is 36.2 Å². The lowest BCUT2D eigenvalue weighted by Crippen LogP contribution is -2.45. The van der Waals surface area contributed by atoms with Gasteiger partial charge in [0.15, 0.2) is 6.04 Å². The number of carbonyl (C=O) groups excluding carboxylic acids is 1. The molecule has 0 saturated carbocycles. The SMILES string of the molecule is CC(Cn1ccnc1)NC(=O)NC(C(=O)O)c1cccs1. The Morgan fingerprint density at radius 1 is 1.48 bits per heavy atom. The third-order valence-corrected chi connectivity index (χ3v) is 3.71. The zero-order valence-electron chi connectivity index (χ0n) is 11.4. The smallest absolute Gasteiger partial charge is 0.331 e. The summed E-state index contributed by atoms with van der Waals surface area (Å²) in [6, 6.07) is 1.72. The van der Waals surface area contributed by atoms with Gasteiger partial charge in [-0.15, -0.1) is 11.3 Å². The van der Waals surface area contributed by atoms with Gasteiger partial charge in [0.1, 0.15) is 0 Å². The van der Waals surface area contributed by atoms with Crippen LogP contribution in [0.2, 0.25) is 0 Å². The average molecular weight is 308 g/mol. The van der Waals surface area contributed by atoms with E-state index in [0.717, 1.165) is 0 Å². The van der Waals surface area contributed by atoms with Crippen LogP contribution in [0.15, 0.2) is 36.2 Å². The van der Waals surface area contributed by atoms with E-state index >= 15 is 0 Å². The first-order valence-electron chi connectivity index (χ1n) is 6.35. The predicted octanol–water partition coefficient (Wildman–Crippen LogP) is 1.46. The molecular formula is C13H16N4O3S. The van der Waals surface area contributed by atoms with E-state index in [1.165, 1.54) is 11.3 Å². The third kappa shape index (κ3) is 4.32. The first-order valence-corrected chi connectivity index (χ1v) is 7.23. The topological polar surface area (TPSA) is 96.3 Å². The van der Waals surface area contributed by atoms with Gasteiger partial charge in [0.2, 0.25) is 0 Å². The maximum Gasteiger partial charge on any atom is 0.331 e. The van der Waals surface area contributed by atoms with E-state index in [1.807, 2.05) is 11.5 Å². The molecule has 0 aromatic carbocycles. The monoisotopic (exact) mass is 308 g/mol. The summed E-state index contributed by atoms with van der Waals surface area (Å²) in [6.45, 7) is 2.39. The van der Waals surface area contributed by atoms with Gasteiger partial charge >= 0.3 is 12.0 Å². The fourth-order valence-electron chi connectivity index (χ4n) is 1.86. The highest BCUT2D eigenvalue weighted by Crippen LogP contribution is 2.18. The van der Waals surface area contributed by atoms with Crippen LogP contribution in [0.4, 0.5) is 4.79 Å². The van der Waals surface area contributed by atoms with Gasteiger partial charge in [-0.25, -0.2) is 14.6 Å². The lowest BCUT2D eigenvalue weighted by molar-refractivity contribution is -0.139. The summed E-state index contributed by atoms with van der Waals surface area (Å²) in [4.78, 5) is 27.6. The van der Waals surface area contributed by atoms with Crippen LogP contribution in [0.25, 0.3) is 0 Å². The van der Waals surface area contributed by atoms with Crippen LogP contribution in [0.3, 0.4) is 0 Å². The Labute approximate surface area is 125 Å². The summed E-state index contributed by atoms with van der Waals surface area (Å²) in [5.41, 5.74) is 0. The number of carboxylic acids is 1. The number of thiophene rings is 1. The Hall–Kier alpha value is -2.35. The molecule has 0 bridgehead atoms. The van der Waals surface area contributed by atoms with Crippen molar-refractivity contribution in [3.05, 3.63) is 41.1 Å². The Balaban J connectivity index is 1.89. The molecule has 0 saturated heterocycles. The van der Waals surface area contributed by atoms with Gasteiger partial charge < -0.3 is 20.3 Å². The molecule has 0 aliphatic rings. The summed E-state index contributed by atoms with van der Waals surface area (Å²) in [5.74, 6) is -1.09. The molecule has 2 atom stereocenters. The highest BCUT2D eigenvalue weighted by atomic mass is 32.1. The molecule has 0 aliphatic heterocycles. The van der Waals surface area contributed by atoms with Crippen LogP contribution in [-0.4, -0.2) is 32.7 Å². The molecule has 21 heavy (non-hydrogen) atoms. The number of hydrogen-bond donors (Lipinski definition) is 3. The molecule has 0 spiro atoms. The Bertz CT molecular complexity index is 583. The van der Waals surface area contributed by atoms with E-state index in [9.17, 15) is 14.7 Å². The van der Waals surface area contributed by atoms with Crippen molar-refractivity contribution in [2.24, 2.45) is 0 Å². The minimum Gasteiger partial charge on any atom is -0.479 e. The Morgan fingerprint density at radius 3 is 2.86 bits per heavy atom. The molecule has 0 radical (unpaired) electrons. The van der Waals surface area contributed by atoms with Crippen molar-refractivity contribution in [2.75, 3.05) is 0 Å². The van der Waals surface area contributed by atoms with Crippen LogP contribution in [0, 0.1) is 0 Å². The average Bonchev–Trinajstić information content (AvgIpc) is 3.07. The van der Waals surface area contributed by atoms with Crippen molar-refractivity contribution < 1.29 is 14.7 Å². The van der Waals surface area contributed by atoms with Gasteiger partial charge in [0.05, 0.1) is 6.33 Å². The number of imidazole rings is 1. The number of amides is 2. The van der Waals surface area contributed by atoms with E-state index in [4.69, 9.17) is 0 Å². The standard InChI is InChI=1S/C13H16N4O3S/c1-9(7-17-5-4-14-8-17)15-13(20)16-11(12(18)19)10-3-2-6-21-10/h2-6,8-9,11H,7H2,1H3,(H,18,19)(H2,15,16,20). The molecule has 2 unspecified atom stereocenters. The van der Waals surface area contributed by atoms with Crippen molar-refractivity contribution in [1.29, 1.82) is 0 Å². The molecule has 0 aliphatic carbocycles. The zero-order chi connectivity index (χ0) is 15.2. The van der Waals surface area contributed by atoms with Gasteiger partial charge in [0.25, 0.3) is 0 Å². The minimum atomic E-state index is -1.09. The maximum atomic E-state index is 11.9. The molecule has 3 N–H and O–H groups in total. The summed E-state index contributed by atoms with van der Waals surface area (Å²) >= 11 is 1.29. The predicted molar refractivity (Wildman–Crippen MR) is 78.1 cm³/mol. The van der Waals surface area contributed by atoms with Crippen molar-refractivity contribution in [2.45, 2.75) is 25.6 Å². The number of aliphatic carboxylic acids is 1. The highest BCUT2D eigenvalue weighted by Gasteiger charge is 2.23. The fraction of sp³-hybridized carbons (Fsp3) is 0.308. The second-order valence-electron chi connectivity index (χ2n) is 4.56. The van der Waals surface area contributed by atoms with E-state index in [2.05, 4.69) is 15.6 Å². The van der Waals surface area contributed by atoms with Crippen molar-refractivity contribution in [1.82, 2.24) is 20.2 Å². The summed E-state index contributed by atoms with van der Waals surface area (Å²) in [5, 5.41) is 16.1. The Morgan fingerprint density at radius 2 is 2.29 bits per heavy atom. The second-order valence-corrected chi connectivity index (χ2v) is 5.54. The van der Waals surface area contributed by atoms with Crippen LogP contribution in [0.1, 0.15) is 17.8 Å². The van der Waals surface area contributed by atoms with Crippen LogP contribution >= 0.6 is 11.3 Å². The number of hydrogen-bond acceptors (Lipinski definition) is 4. The van der Waals surface area contributed by atoms with E-state index in [-0.39, 0.29) is 6.04 Å². The van der Waals surface area contributed by atoms with E-state index in [0.29, 0.717) is 11.4 Å². The molecule has 112 valence electrons. The molecule has 2 amide bonds. The molecule has 0 fully saturated rings. The fourth-order valence-corrected chi connectivity index (χ4v) is 2.63. The first kappa shape index (κ1) is 15.0. The van der Waals surface area contributed by atoms with Crippen LogP contribution in [0.5, 0.6) is 0 Å². The zero-order valence-corrected chi connectivity index (χ0v) is 12.2. The number of urea groups is 1.